The van der Waals surface area contributed by atoms with Crippen molar-refractivity contribution in [2.75, 3.05) is 17.8 Å². The summed E-state index contributed by atoms with van der Waals surface area (Å²) in [7, 11) is 0. The summed E-state index contributed by atoms with van der Waals surface area (Å²) in [6.07, 6.45) is -1.31. The molecule has 13 N–H and O–H groups in total. The van der Waals surface area contributed by atoms with Crippen molar-refractivity contribution in [3.8, 4) is 0 Å². The van der Waals surface area contributed by atoms with Crippen LogP contribution in [0.4, 0.5) is 4.79 Å². The molecule has 12 aromatic rings. The topological polar surface area (TPSA) is 395 Å². The standard InChI is InChI=1S/C118H134N12O15S2/c1-77(2)71-95(107(136)123-96(73-81-75-130(113(143)145-115(9,10)11)99-66-44-43-65-91(81)99)108(137)120-93(106(135)126-102(78(3)4)110(139)125-98(112(141)142)72-80-45-23-13-24-46-80)67-68-100(131)128-116(82-47-25-14-26-48-82,83-49-27-15-28-50-83)84-51-29-16-30-52-84)122-105(134)94(69-70-146-12)121-109(138)97(74-101(132)129-117(85-53-31-17-32-54-85,86-55-33-18-34-56-86)87-57-35-19-36-58-87)124-111(140)103(79(5)144-114(6,7)8)127-104(133)92(119)76-147-118(88-59-37-20-38-60-88,89-61-39-21-40-62-89)90-63-41-22-42-64-90/h13-66,75,77-79,92-98,102-103H,67-74,76,119H2,1-12H3,(H,120,137)(H,121,138)(H,122,134)(H,123,136)(H,124,140)(H,125,139)(H,126,135)(H,127,133)(H,128,131)(H,129,132)(H,141,142)/t79-,92+,93+,94+,95+,96+,97+,98+,102+,103+/m1/s1. The van der Waals surface area contributed by atoms with Crippen molar-refractivity contribution in [3.63, 3.8) is 0 Å². The number of carbonyl (C=O) groups excluding carboxylic acids is 11. The van der Waals surface area contributed by atoms with E-state index in [4.69, 9.17) is 15.2 Å². The van der Waals surface area contributed by atoms with Gasteiger partial charge in [0.15, 0.2) is 0 Å². The largest absolute Gasteiger partial charge is 0.480 e. The van der Waals surface area contributed by atoms with Crippen LogP contribution in [0, 0.1) is 11.8 Å². The van der Waals surface area contributed by atoms with Crippen molar-refractivity contribution in [1.82, 2.24) is 57.7 Å². The van der Waals surface area contributed by atoms with E-state index in [2.05, 4.69) is 53.2 Å². The lowest BCUT2D eigenvalue weighted by Gasteiger charge is -2.37. The minimum absolute atomic E-state index is 0.00379. The average Bonchev–Trinajstić information content (AvgIpc) is 1.55. The lowest BCUT2D eigenvalue weighted by Crippen LogP contribution is -2.62. The van der Waals surface area contributed by atoms with Gasteiger partial charge < -0.3 is 73.5 Å². The number of thioether (sulfide) groups is 2. The number of aromatic nitrogens is 1. The first-order valence-corrected chi connectivity index (χ1v) is 52.0. The molecule has 12 rings (SSSR count). The van der Waals surface area contributed by atoms with E-state index >= 15 is 43.2 Å². The SMILES string of the molecule is CSCC[C@H](NC(=O)[C@H](CC(=O)NC(c1ccccc1)(c1ccccc1)c1ccccc1)NC(=O)[C@@H](NC(=O)[C@@H](N)CSC(c1ccccc1)(c1ccccc1)c1ccccc1)[C@@H](C)OC(C)(C)C)C(=O)N[C@@H](CC(C)C)C(=O)N[C@@H](Cc1cn(C(=O)OC(C)(C)C)c2ccccc12)C(=O)N[C@@H](CCC(=O)NC(c1ccccc1)(c1ccccc1)c1ccccc1)C(=O)N[C@H](C(=O)N[C@@H](Cc1ccccc1)C(=O)O)C(C)C. The van der Waals surface area contributed by atoms with Crippen LogP contribution in [-0.4, -0.2) is 170 Å². The van der Waals surface area contributed by atoms with E-state index in [-0.39, 0.29) is 30.8 Å². The van der Waals surface area contributed by atoms with Gasteiger partial charge in [0, 0.05) is 36.6 Å². The van der Waals surface area contributed by atoms with Crippen LogP contribution < -0.4 is 58.9 Å². The van der Waals surface area contributed by atoms with Crippen molar-refractivity contribution in [3.05, 3.63) is 395 Å². The van der Waals surface area contributed by atoms with Crippen molar-refractivity contribution in [1.29, 1.82) is 0 Å². The van der Waals surface area contributed by atoms with Crippen LogP contribution in [0.2, 0.25) is 0 Å². The molecule has 0 bridgehead atoms. The van der Waals surface area contributed by atoms with Crippen LogP contribution in [0.3, 0.4) is 0 Å². The van der Waals surface area contributed by atoms with Gasteiger partial charge >= 0.3 is 12.1 Å². The third kappa shape index (κ3) is 29.4. The molecule has 768 valence electrons. The van der Waals surface area contributed by atoms with Crippen LogP contribution in [0.15, 0.2) is 334 Å². The number of benzene rings is 11. The van der Waals surface area contributed by atoms with E-state index in [0.717, 1.165) is 16.7 Å². The first kappa shape index (κ1) is 111. The molecule has 0 aliphatic rings. The Morgan fingerprint density at radius 1 is 0.374 bits per heavy atom. The van der Waals surface area contributed by atoms with Gasteiger partial charge in [0.05, 0.1) is 34.4 Å². The number of nitrogens with zero attached hydrogens (tertiary/aromatic N) is 1. The Balaban J connectivity index is 0.899. The number of aliphatic carboxylic acids is 1. The van der Waals surface area contributed by atoms with Crippen LogP contribution in [0.25, 0.3) is 10.9 Å². The van der Waals surface area contributed by atoms with Crippen molar-refractivity contribution < 1.29 is 72.1 Å². The second-order valence-corrected chi connectivity index (χ2v) is 41.6. The van der Waals surface area contributed by atoms with E-state index in [1.54, 1.807) is 137 Å². The Hall–Kier alpha value is -14.8. The number of amides is 10. The van der Waals surface area contributed by atoms with Crippen molar-refractivity contribution >= 4 is 106 Å². The number of rotatable bonds is 48. The van der Waals surface area contributed by atoms with Gasteiger partial charge in [-0.25, -0.2) is 9.59 Å². The molecule has 0 aliphatic heterocycles. The molecule has 1 heterocycles. The average molecular weight is 2020 g/mol. The van der Waals surface area contributed by atoms with Gasteiger partial charge in [-0.1, -0.05) is 349 Å². The van der Waals surface area contributed by atoms with Gasteiger partial charge in [-0.3, -0.25) is 52.5 Å². The molecular weight excluding hydrogens is 1890 g/mol. The molecule has 10 amide bonds. The number of para-hydroxylation sites is 1. The Bertz CT molecular complexity index is 6120. The van der Waals surface area contributed by atoms with E-state index < -0.39 is 196 Å². The van der Waals surface area contributed by atoms with Gasteiger partial charge in [0.25, 0.3) is 0 Å². The Labute approximate surface area is 868 Å². The van der Waals surface area contributed by atoms with Gasteiger partial charge in [0.2, 0.25) is 59.1 Å². The summed E-state index contributed by atoms with van der Waals surface area (Å²) in [5, 5.41) is 40.3. The summed E-state index contributed by atoms with van der Waals surface area (Å²) in [4.78, 5) is 185. The van der Waals surface area contributed by atoms with Gasteiger partial charge in [0.1, 0.15) is 65.0 Å². The zero-order chi connectivity index (χ0) is 106. The molecule has 0 radical (unpaired) electrons. The third-order valence-electron chi connectivity index (χ3n) is 25.3. The number of carboxylic acid groups (broad SMARTS) is 1. The van der Waals surface area contributed by atoms with Gasteiger partial charge in [-0.15, -0.1) is 11.8 Å². The predicted octanol–water partition coefficient (Wildman–Crippen LogP) is 15.3. The summed E-state index contributed by atoms with van der Waals surface area (Å²) < 4.78 is 12.8. The molecule has 29 heteroatoms. The highest BCUT2D eigenvalue weighted by atomic mass is 32.2. The minimum atomic E-state index is -1.89. The zero-order valence-corrected chi connectivity index (χ0v) is 86.7. The Kier molecular flexibility index (Phi) is 39.1. The molecule has 10 atom stereocenters. The molecular formula is C118H134N12O15S2. The number of fused-ring (bicyclic) bond motifs is 1. The normalized spacial score (nSPS) is 13.9. The summed E-state index contributed by atoms with van der Waals surface area (Å²) >= 11 is 2.75. The summed E-state index contributed by atoms with van der Waals surface area (Å²) in [6, 6.07) is 86.0. The highest BCUT2D eigenvalue weighted by molar-refractivity contribution is 8.00. The first-order chi connectivity index (χ1) is 70.4. The Morgan fingerprint density at radius 3 is 1.15 bits per heavy atom. The maximum absolute atomic E-state index is 16.3. The van der Waals surface area contributed by atoms with Crippen LogP contribution in [0.5, 0.6) is 0 Å². The Morgan fingerprint density at radius 2 is 0.728 bits per heavy atom. The lowest BCUT2D eigenvalue weighted by molar-refractivity contribution is -0.142. The number of carboxylic acids is 1. The molecule has 27 nitrogen and oxygen atoms in total. The summed E-state index contributed by atoms with van der Waals surface area (Å²) in [6.45, 7) is 18.8. The first-order valence-electron chi connectivity index (χ1n) is 49.6. The quantitative estimate of drug-likeness (QED) is 0.0158. The molecule has 0 fully saturated rings. The lowest BCUT2D eigenvalue weighted by atomic mass is 9.77. The molecule has 11 aromatic carbocycles. The molecule has 0 unspecified atom stereocenters. The maximum Gasteiger partial charge on any atom is 0.419 e. The molecule has 0 saturated carbocycles. The molecule has 147 heavy (non-hydrogen) atoms. The molecule has 0 spiro atoms. The van der Waals surface area contributed by atoms with Crippen molar-refractivity contribution in [2.45, 2.75) is 209 Å². The van der Waals surface area contributed by atoms with E-state index in [9.17, 15) is 19.5 Å². The fourth-order valence-corrected chi connectivity index (χ4v) is 20.3. The third-order valence-corrected chi connectivity index (χ3v) is 27.6. The number of ether oxygens (including phenoxy) is 2. The van der Waals surface area contributed by atoms with Gasteiger partial charge in [-0.2, -0.15) is 11.8 Å². The second-order valence-electron chi connectivity index (χ2n) is 39.4. The fourth-order valence-electron chi connectivity index (χ4n) is 18.3. The monoisotopic (exact) mass is 2020 g/mol. The van der Waals surface area contributed by atoms with E-state index in [1.807, 2.05) is 273 Å². The number of nitrogens with two attached hydrogens (primary N) is 1. The number of hydrogen-bond acceptors (Lipinski definition) is 17. The van der Waals surface area contributed by atoms with Crippen LogP contribution in [0.1, 0.15) is 169 Å². The summed E-state index contributed by atoms with van der Waals surface area (Å²) in [5.41, 5.74) is 10.1. The second kappa shape index (κ2) is 51.8. The summed E-state index contributed by atoms with van der Waals surface area (Å²) in [5.74, 6) is -11.3. The molecule has 0 saturated heterocycles. The van der Waals surface area contributed by atoms with Gasteiger partial charge in [-0.05, 0) is 159 Å². The van der Waals surface area contributed by atoms with Crippen LogP contribution in [-0.2, 0) is 90.9 Å². The van der Waals surface area contributed by atoms with E-state index in [0.29, 0.717) is 55.4 Å². The predicted molar refractivity (Wildman–Crippen MR) is 576 cm³/mol. The smallest absolute Gasteiger partial charge is 0.419 e. The number of hydrogen-bond donors (Lipinski definition) is 12. The fraction of sp³-hybridized carbons (Fsp3) is 0.322. The number of carbonyl (C=O) groups is 12. The maximum atomic E-state index is 16.3. The highest BCUT2D eigenvalue weighted by Crippen LogP contribution is 2.49. The van der Waals surface area contributed by atoms with Crippen LogP contribution >= 0.6 is 23.5 Å². The minimum Gasteiger partial charge on any atom is -0.480 e. The molecule has 0 aliphatic carbocycles. The van der Waals surface area contributed by atoms with Crippen molar-refractivity contribution in [2.24, 2.45) is 17.6 Å². The zero-order valence-electron chi connectivity index (χ0n) is 85.1. The highest BCUT2D eigenvalue weighted by Gasteiger charge is 2.46. The number of nitrogens with one attached hydrogen (secondary N) is 10. The van der Waals surface area contributed by atoms with E-state index in [1.165, 1.54) is 34.3 Å². The molecule has 1 aromatic heterocycles.